The van der Waals surface area contributed by atoms with Gasteiger partial charge in [-0.2, -0.15) is 0 Å². The minimum absolute atomic E-state index is 0.134. The number of rotatable bonds is 10. The average Bonchev–Trinajstić information content (AvgIpc) is 3.43. The Kier molecular flexibility index (Phi) is 7.04. The fourth-order valence-corrected chi connectivity index (χ4v) is 3.17. The van der Waals surface area contributed by atoms with Gasteiger partial charge in [-0.15, -0.1) is 0 Å². The predicted molar refractivity (Wildman–Crippen MR) is 112 cm³/mol. The van der Waals surface area contributed by atoms with E-state index in [0.717, 1.165) is 17.7 Å². The standard InChI is InChI=1S/C22H28N4O2/c1-7-10-15(4)22(12-17(22)21(27)26-20(23-6)11-8-2)14-28-19-13-24-16(5)25-18(19)9-3/h7-8,10-11,13,17H,2,4,6,9,12,14H2,1,3,5H3,(H,26,27)/b10-7-,20-11+/t17?,22-/m1/s1. The molecule has 28 heavy (non-hydrogen) atoms. The summed E-state index contributed by atoms with van der Waals surface area (Å²) in [4.78, 5) is 25.2. The number of allylic oxidation sites excluding steroid dienone is 4. The van der Waals surface area contributed by atoms with Crippen molar-refractivity contribution in [1.82, 2.24) is 15.3 Å². The van der Waals surface area contributed by atoms with Gasteiger partial charge in [-0.05, 0) is 45.1 Å². The van der Waals surface area contributed by atoms with Crippen molar-refractivity contribution in [2.45, 2.75) is 33.6 Å². The Bertz CT molecular complexity index is 841. The quantitative estimate of drug-likeness (QED) is 0.496. The van der Waals surface area contributed by atoms with E-state index in [-0.39, 0.29) is 11.8 Å². The number of nitrogens with one attached hydrogen (secondary N) is 1. The van der Waals surface area contributed by atoms with Crippen LogP contribution < -0.4 is 10.1 Å². The van der Waals surface area contributed by atoms with Gasteiger partial charge in [-0.3, -0.25) is 4.79 Å². The third-order valence-corrected chi connectivity index (χ3v) is 4.87. The van der Waals surface area contributed by atoms with E-state index in [2.05, 4.69) is 40.2 Å². The first-order valence-electron chi connectivity index (χ1n) is 9.29. The first-order chi connectivity index (χ1) is 13.4. The number of amides is 1. The number of carbonyl (C=O) groups excluding carboxylic acids is 1. The van der Waals surface area contributed by atoms with Crippen LogP contribution in [0.3, 0.4) is 0 Å². The Hall–Kier alpha value is -3.02. The van der Waals surface area contributed by atoms with Crippen LogP contribution >= 0.6 is 0 Å². The van der Waals surface area contributed by atoms with Gasteiger partial charge in [-0.25, -0.2) is 15.0 Å². The van der Waals surface area contributed by atoms with E-state index >= 15 is 0 Å². The van der Waals surface area contributed by atoms with Crippen LogP contribution in [0.5, 0.6) is 5.75 Å². The second-order valence-corrected chi connectivity index (χ2v) is 6.74. The average molecular weight is 380 g/mol. The van der Waals surface area contributed by atoms with Crippen molar-refractivity contribution in [3.05, 3.63) is 66.6 Å². The number of aryl methyl sites for hydroxylation is 2. The zero-order valence-corrected chi connectivity index (χ0v) is 16.9. The lowest BCUT2D eigenvalue weighted by molar-refractivity contribution is -0.122. The zero-order chi connectivity index (χ0) is 20.7. The highest BCUT2D eigenvalue weighted by atomic mass is 16.5. The van der Waals surface area contributed by atoms with Gasteiger partial charge in [0.2, 0.25) is 5.91 Å². The van der Waals surface area contributed by atoms with E-state index in [4.69, 9.17) is 4.74 Å². The molecular formula is C22H28N4O2. The normalized spacial score (nSPS) is 21.2. The van der Waals surface area contributed by atoms with Gasteiger partial charge in [0.05, 0.1) is 24.4 Å². The maximum Gasteiger partial charge on any atom is 0.229 e. The molecule has 0 bridgehead atoms. The fraction of sp³-hybridized carbons (Fsp3) is 0.364. The Morgan fingerprint density at radius 3 is 2.89 bits per heavy atom. The molecule has 1 unspecified atom stereocenters. The lowest BCUT2D eigenvalue weighted by Crippen LogP contribution is -2.29. The van der Waals surface area contributed by atoms with Gasteiger partial charge < -0.3 is 10.1 Å². The predicted octanol–water partition coefficient (Wildman–Crippen LogP) is 3.71. The second-order valence-electron chi connectivity index (χ2n) is 6.74. The number of carbonyl (C=O) groups is 1. The van der Waals surface area contributed by atoms with Crippen molar-refractivity contribution in [1.29, 1.82) is 0 Å². The number of ether oxygens (including phenoxy) is 1. The minimum Gasteiger partial charge on any atom is -0.489 e. The van der Waals surface area contributed by atoms with E-state index in [1.807, 2.05) is 32.9 Å². The third kappa shape index (κ3) is 4.63. The number of nitrogens with zero attached hydrogens (tertiary/aromatic N) is 3. The summed E-state index contributed by atoms with van der Waals surface area (Å²) in [6.45, 7) is 17.4. The minimum atomic E-state index is -0.465. The summed E-state index contributed by atoms with van der Waals surface area (Å²) >= 11 is 0. The Morgan fingerprint density at radius 2 is 2.29 bits per heavy atom. The first-order valence-corrected chi connectivity index (χ1v) is 9.29. The summed E-state index contributed by atoms with van der Waals surface area (Å²) in [5.41, 5.74) is 1.25. The molecule has 0 aromatic carbocycles. The molecule has 1 aliphatic rings. The van der Waals surface area contributed by atoms with Crippen LogP contribution in [-0.2, 0) is 11.2 Å². The van der Waals surface area contributed by atoms with Gasteiger partial charge in [0.25, 0.3) is 0 Å². The van der Waals surface area contributed by atoms with E-state index in [1.54, 1.807) is 18.3 Å². The molecule has 1 aromatic rings. The molecule has 0 saturated heterocycles. The van der Waals surface area contributed by atoms with Crippen LogP contribution in [0, 0.1) is 18.3 Å². The highest BCUT2D eigenvalue weighted by Gasteiger charge is 2.60. The molecular weight excluding hydrogens is 352 g/mol. The van der Waals surface area contributed by atoms with Crippen LogP contribution in [0.2, 0.25) is 0 Å². The monoisotopic (exact) mass is 380 g/mol. The van der Waals surface area contributed by atoms with Gasteiger partial charge >= 0.3 is 0 Å². The van der Waals surface area contributed by atoms with Crippen molar-refractivity contribution in [3.8, 4) is 5.75 Å². The topological polar surface area (TPSA) is 76.5 Å². The molecule has 1 fully saturated rings. The van der Waals surface area contributed by atoms with Crippen LogP contribution in [0.25, 0.3) is 0 Å². The zero-order valence-electron chi connectivity index (χ0n) is 16.9. The smallest absolute Gasteiger partial charge is 0.229 e. The Balaban J connectivity index is 2.19. The van der Waals surface area contributed by atoms with E-state index in [9.17, 15) is 4.79 Å². The number of hydrogen-bond acceptors (Lipinski definition) is 5. The van der Waals surface area contributed by atoms with Crippen LogP contribution in [0.4, 0.5) is 0 Å². The van der Waals surface area contributed by atoms with Gasteiger partial charge in [0.1, 0.15) is 11.6 Å². The molecule has 148 valence electrons. The molecule has 1 aromatic heterocycles. The second kappa shape index (κ2) is 9.26. The molecule has 1 amide bonds. The van der Waals surface area contributed by atoms with Crippen molar-refractivity contribution in [3.63, 3.8) is 0 Å². The summed E-state index contributed by atoms with van der Waals surface area (Å²) in [6.07, 6.45) is 10.1. The Morgan fingerprint density at radius 1 is 1.54 bits per heavy atom. The third-order valence-electron chi connectivity index (χ3n) is 4.87. The number of aliphatic imine (C=N–C) groups is 1. The van der Waals surface area contributed by atoms with Crippen molar-refractivity contribution < 1.29 is 9.53 Å². The molecule has 0 spiro atoms. The van der Waals surface area contributed by atoms with Gasteiger partial charge in [0, 0.05) is 5.41 Å². The van der Waals surface area contributed by atoms with Crippen molar-refractivity contribution in [2.75, 3.05) is 6.61 Å². The largest absolute Gasteiger partial charge is 0.489 e. The lowest BCUT2D eigenvalue weighted by Gasteiger charge is -2.20. The molecule has 0 radical (unpaired) electrons. The molecule has 1 N–H and O–H groups in total. The molecule has 2 rings (SSSR count). The summed E-state index contributed by atoms with van der Waals surface area (Å²) in [6, 6.07) is 0. The molecule has 0 aliphatic heterocycles. The van der Waals surface area contributed by atoms with E-state index in [0.29, 0.717) is 30.4 Å². The van der Waals surface area contributed by atoms with Crippen LogP contribution in [-0.4, -0.2) is 29.2 Å². The van der Waals surface area contributed by atoms with Crippen LogP contribution in [0.15, 0.2) is 60.0 Å². The summed E-state index contributed by atoms with van der Waals surface area (Å²) in [5.74, 6) is 1.33. The SMILES string of the molecule is C=C/C=C(\N=C)NC(=O)C1C[C@@]1(COc1cnc(C)nc1CC)C(=C)/C=C\C. The lowest BCUT2D eigenvalue weighted by atomic mass is 9.94. The van der Waals surface area contributed by atoms with Gasteiger partial charge in [0.15, 0.2) is 5.75 Å². The molecule has 6 nitrogen and oxygen atoms in total. The van der Waals surface area contributed by atoms with E-state index in [1.165, 1.54) is 0 Å². The van der Waals surface area contributed by atoms with Crippen molar-refractivity contribution in [2.24, 2.45) is 16.3 Å². The summed E-state index contributed by atoms with van der Waals surface area (Å²) < 4.78 is 6.07. The maximum absolute atomic E-state index is 12.7. The highest BCUT2D eigenvalue weighted by Crippen LogP contribution is 2.58. The summed E-state index contributed by atoms with van der Waals surface area (Å²) in [7, 11) is 0. The van der Waals surface area contributed by atoms with Gasteiger partial charge in [-0.1, -0.05) is 38.3 Å². The Labute approximate surface area is 166 Å². The number of aromatic nitrogens is 2. The summed E-state index contributed by atoms with van der Waals surface area (Å²) in [5, 5.41) is 2.79. The molecule has 1 saturated carbocycles. The molecule has 1 heterocycles. The highest BCUT2D eigenvalue weighted by molar-refractivity contribution is 5.85. The van der Waals surface area contributed by atoms with E-state index < -0.39 is 5.41 Å². The molecule has 6 heteroatoms. The molecule has 1 aliphatic carbocycles. The first kappa shape index (κ1) is 21.3. The van der Waals surface area contributed by atoms with Crippen molar-refractivity contribution >= 4 is 12.6 Å². The fourth-order valence-electron chi connectivity index (χ4n) is 3.17. The maximum atomic E-state index is 12.7. The molecule has 2 atom stereocenters. The number of hydrogen-bond donors (Lipinski definition) is 1. The van der Waals surface area contributed by atoms with Crippen LogP contribution in [0.1, 0.15) is 31.8 Å².